The fraction of sp³-hybridized carbons (Fsp3) is 0.154. The van der Waals surface area contributed by atoms with E-state index >= 15 is 0 Å². The minimum atomic E-state index is -0.361. The highest BCUT2D eigenvalue weighted by Crippen LogP contribution is 2.20. The first-order valence-corrected chi connectivity index (χ1v) is 6.59. The molecule has 0 fully saturated rings. The lowest BCUT2D eigenvalue weighted by molar-refractivity contribution is 0.102. The van der Waals surface area contributed by atoms with Gasteiger partial charge in [-0.05, 0) is 30.7 Å². The Morgan fingerprint density at radius 3 is 2.75 bits per heavy atom. The molecule has 0 saturated carbocycles. The van der Waals surface area contributed by atoms with Crippen molar-refractivity contribution < 1.29 is 9.53 Å². The van der Waals surface area contributed by atoms with E-state index < -0.39 is 0 Å². The van der Waals surface area contributed by atoms with E-state index in [0.29, 0.717) is 17.9 Å². The van der Waals surface area contributed by atoms with Crippen LogP contribution in [0, 0.1) is 0 Å². The molecule has 2 rings (SSSR count). The molecule has 0 bridgehead atoms. The number of carbonyl (C=O) groups excluding carboxylic acids is 1. The quantitative estimate of drug-likeness (QED) is 0.694. The SMILES string of the molecule is CCOc1ccccc1C(=O)Nc1cc(Cl)nc(Cl)n1. The van der Waals surface area contributed by atoms with Crippen molar-refractivity contribution in [2.24, 2.45) is 0 Å². The molecule has 1 N–H and O–H groups in total. The highest BCUT2D eigenvalue weighted by atomic mass is 35.5. The summed E-state index contributed by atoms with van der Waals surface area (Å²) < 4.78 is 5.40. The Hall–Kier alpha value is -1.85. The molecule has 5 nitrogen and oxygen atoms in total. The first-order chi connectivity index (χ1) is 9.60. The summed E-state index contributed by atoms with van der Waals surface area (Å²) in [4.78, 5) is 19.8. The number of ether oxygens (including phenoxy) is 1. The zero-order valence-corrected chi connectivity index (χ0v) is 12.1. The second kappa shape index (κ2) is 6.54. The monoisotopic (exact) mass is 311 g/mol. The number of aromatic nitrogens is 2. The van der Waals surface area contributed by atoms with Gasteiger partial charge in [0.2, 0.25) is 5.28 Å². The lowest BCUT2D eigenvalue weighted by Crippen LogP contribution is -2.14. The smallest absolute Gasteiger partial charge is 0.260 e. The number of benzene rings is 1. The van der Waals surface area contributed by atoms with E-state index in [9.17, 15) is 4.79 Å². The largest absolute Gasteiger partial charge is 0.493 e. The third kappa shape index (κ3) is 3.59. The fourth-order valence-corrected chi connectivity index (χ4v) is 1.98. The van der Waals surface area contributed by atoms with Crippen LogP contribution in [-0.2, 0) is 0 Å². The summed E-state index contributed by atoms with van der Waals surface area (Å²) in [6.07, 6.45) is 0. The Bertz CT molecular complexity index is 615. The van der Waals surface area contributed by atoms with Crippen LogP contribution in [0.1, 0.15) is 17.3 Å². The van der Waals surface area contributed by atoms with Crippen LogP contribution in [0.15, 0.2) is 30.3 Å². The van der Waals surface area contributed by atoms with Crippen LogP contribution in [0.3, 0.4) is 0 Å². The van der Waals surface area contributed by atoms with Gasteiger partial charge in [0.15, 0.2) is 0 Å². The molecule has 2 aromatic rings. The summed E-state index contributed by atoms with van der Waals surface area (Å²) in [5.74, 6) is 0.366. The van der Waals surface area contributed by atoms with Gasteiger partial charge in [0.25, 0.3) is 5.91 Å². The van der Waals surface area contributed by atoms with E-state index in [1.54, 1.807) is 24.3 Å². The van der Waals surface area contributed by atoms with Gasteiger partial charge in [-0.3, -0.25) is 4.79 Å². The first-order valence-electron chi connectivity index (χ1n) is 5.83. The summed E-state index contributed by atoms with van der Waals surface area (Å²) in [7, 11) is 0. The number of hydrogen-bond acceptors (Lipinski definition) is 4. The lowest BCUT2D eigenvalue weighted by Gasteiger charge is -2.10. The number of carbonyl (C=O) groups is 1. The van der Waals surface area contributed by atoms with Crippen LogP contribution in [0.2, 0.25) is 10.4 Å². The highest BCUT2D eigenvalue weighted by molar-refractivity contribution is 6.32. The Morgan fingerprint density at radius 2 is 2.05 bits per heavy atom. The normalized spacial score (nSPS) is 10.2. The van der Waals surface area contributed by atoms with Crippen molar-refractivity contribution >= 4 is 34.9 Å². The Labute approximate surface area is 125 Å². The van der Waals surface area contributed by atoms with Crippen molar-refractivity contribution in [1.82, 2.24) is 9.97 Å². The van der Waals surface area contributed by atoms with Crippen molar-refractivity contribution in [3.05, 3.63) is 46.3 Å². The van der Waals surface area contributed by atoms with E-state index in [2.05, 4.69) is 15.3 Å². The van der Waals surface area contributed by atoms with E-state index in [0.717, 1.165) is 0 Å². The number of halogens is 2. The predicted molar refractivity (Wildman–Crippen MR) is 77.6 cm³/mol. The Kier molecular flexibility index (Phi) is 4.76. The molecule has 1 heterocycles. The van der Waals surface area contributed by atoms with Gasteiger partial charge in [-0.2, -0.15) is 0 Å². The van der Waals surface area contributed by atoms with Crippen molar-refractivity contribution in [2.45, 2.75) is 6.92 Å². The molecule has 1 aromatic carbocycles. The maximum absolute atomic E-state index is 12.2. The van der Waals surface area contributed by atoms with Gasteiger partial charge in [-0.15, -0.1) is 0 Å². The summed E-state index contributed by atoms with van der Waals surface area (Å²) in [6.45, 7) is 2.31. The number of anilines is 1. The van der Waals surface area contributed by atoms with Crippen molar-refractivity contribution in [1.29, 1.82) is 0 Å². The number of nitrogens with zero attached hydrogens (tertiary/aromatic N) is 2. The number of rotatable bonds is 4. The average Bonchev–Trinajstić information content (AvgIpc) is 2.38. The highest BCUT2D eigenvalue weighted by Gasteiger charge is 2.13. The van der Waals surface area contributed by atoms with Crippen LogP contribution in [-0.4, -0.2) is 22.5 Å². The minimum Gasteiger partial charge on any atom is -0.493 e. The molecule has 0 radical (unpaired) electrons. The number of para-hydroxylation sites is 1. The molecule has 0 aliphatic carbocycles. The number of hydrogen-bond donors (Lipinski definition) is 1. The molecule has 1 aromatic heterocycles. The lowest BCUT2D eigenvalue weighted by atomic mass is 10.2. The fourth-order valence-electron chi connectivity index (χ4n) is 1.57. The van der Waals surface area contributed by atoms with Crippen molar-refractivity contribution in [3.63, 3.8) is 0 Å². The molecular formula is C13H11Cl2N3O2. The first kappa shape index (κ1) is 14.6. The standard InChI is InChI=1S/C13H11Cl2N3O2/c1-2-20-9-6-4-3-5-8(9)12(19)17-11-7-10(14)16-13(15)18-11/h3-7H,2H2,1H3,(H,16,17,18,19). The molecular weight excluding hydrogens is 301 g/mol. The summed E-state index contributed by atoms with van der Waals surface area (Å²) in [6, 6.07) is 8.33. The number of amides is 1. The zero-order chi connectivity index (χ0) is 14.5. The van der Waals surface area contributed by atoms with Gasteiger partial charge in [0.05, 0.1) is 12.2 Å². The van der Waals surface area contributed by atoms with Crippen LogP contribution in [0.25, 0.3) is 0 Å². The van der Waals surface area contributed by atoms with Gasteiger partial charge in [-0.25, -0.2) is 9.97 Å². The Morgan fingerprint density at radius 1 is 1.30 bits per heavy atom. The van der Waals surface area contributed by atoms with Crippen molar-refractivity contribution in [2.75, 3.05) is 11.9 Å². The molecule has 0 aliphatic rings. The van der Waals surface area contributed by atoms with Crippen LogP contribution in [0.5, 0.6) is 5.75 Å². The minimum absolute atomic E-state index is 0.0362. The molecule has 20 heavy (non-hydrogen) atoms. The van der Waals surface area contributed by atoms with Gasteiger partial charge in [0.1, 0.15) is 16.7 Å². The predicted octanol–water partition coefficient (Wildman–Crippen LogP) is 3.43. The molecule has 0 aliphatic heterocycles. The summed E-state index contributed by atoms with van der Waals surface area (Å²) >= 11 is 11.4. The Balaban J connectivity index is 2.23. The zero-order valence-electron chi connectivity index (χ0n) is 10.6. The molecule has 0 saturated heterocycles. The molecule has 0 spiro atoms. The summed E-state index contributed by atoms with van der Waals surface area (Å²) in [5, 5.41) is 2.71. The van der Waals surface area contributed by atoms with Gasteiger partial charge < -0.3 is 10.1 Å². The van der Waals surface area contributed by atoms with Crippen LogP contribution < -0.4 is 10.1 Å². The van der Waals surface area contributed by atoms with Gasteiger partial charge in [0, 0.05) is 6.07 Å². The second-order valence-corrected chi connectivity index (χ2v) is 4.45. The average molecular weight is 312 g/mol. The maximum atomic E-state index is 12.2. The molecule has 0 atom stereocenters. The van der Waals surface area contributed by atoms with E-state index in [1.807, 2.05) is 6.92 Å². The molecule has 104 valence electrons. The molecule has 7 heteroatoms. The van der Waals surface area contributed by atoms with Crippen LogP contribution in [0.4, 0.5) is 5.82 Å². The van der Waals surface area contributed by atoms with E-state index in [-0.39, 0.29) is 22.2 Å². The van der Waals surface area contributed by atoms with E-state index in [4.69, 9.17) is 27.9 Å². The second-order valence-electron chi connectivity index (χ2n) is 3.73. The number of nitrogens with one attached hydrogen (secondary N) is 1. The topological polar surface area (TPSA) is 64.1 Å². The summed E-state index contributed by atoms with van der Waals surface area (Å²) in [5.41, 5.74) is 0.403. The van der Waals surface area contributed by atoms with E-state index in [1.165, 1.54) is 6.07 Å². The third-order valence-electron chi connectivity index (χ3n) is 2.34. The maximum Gasteiger partial charge on any atom is 0.260 e. The molecule has 0 unspecified atom stereocenters. The third-order valence-corrected chi connectivity index (χ3v) is 2.70. The van der Waals surface area contributed by atoms with Crippen molar-refractivity contribution in [3.8, 4) is 5.75 Å². The molecule has 1 amide bonds. The van der Waals surface area contributed by atoms with Gasteiger partial charge >= 0.3 is 0 Å². The van der Waals surface area contributed by atoms with Crippen LogP contribution >= 0.6 is 23.2 Å². The van der Waals surface area contributed by atoms with Gasteiger partial charge in [-0.1, -0.05) is 23.7 Å².